The van der Waals surface area contributed by atoms with Crippen molar-refractivity contribution < 1.29 is 18.8 Å². The van der Waals surface area contributed by atoms with Crippen LogP contribution in [0.1, 0.15) is 44.0 Å². The van der Waals surface area contributed by atoms with Gasteiger partial charge in [0.15, 0.2) is 0 Å². The van der Waals surface area contributed by atoms with Gasteiger partial charge in [-0.2, -0.15) is 4.98 Å². The largest absolute Gasteiger partial charge is 0.465 e. The van der Waals surface area contributed by atoms with Crippen molar-refractivity contribution >= 4 is 5.97 Å². The zero-order valence-corrected chi connectivity index (χ0v) is 12.5. The lowest BCUT2D eigenvalue weighted by Crippen LogP contribution is -2.44. The predicted octanol–water partition coefficient (Wildman–Crippen LogP) is 1.06. The molecule has 0 bridgehead atoms. The maximum absolute atomic E-state index is 12.2. The molecule has 1 unspecified atom stereocenters. The Morgan fingerprint density at radius 1 is 1.52 bits per heavy atom. The number of nitrogens with zero attached hydrogens (tertiary/aromatic N) is 3. The van der Waals surface area contributed by atoms with Gasteiger partial charge in [0, 0.05) is 13.1 Å². The Morgan fingerprint density at radius 3 is 2.95 bits per heavy atom. The zero-order chi connectivity index (χ0) is 14.9. The van der Waals surface area contributed by atoms with Gasteiger partial charge < -0.3 is 18.9 Å². The van der Waals surface area contributed by atoms with Crippen molar-refractivity contribution in [2.75, 3.05) is 33.4 Å². The van der Waals surface area contributed by atoms with Gasteiger partial charge >= 0.3 is 5.97 Å². The first-order valence-electron chi connectivity index (χ1n) is 7.47. The Morgan fingerprint density at radius 2 is 2.33 bits per heavy atom. The lowest BCUT2D eigenvalue weighted by Gasteiger charge is -2.35. The Bertz CT molecular complexity index is 512. The summed E-state index contributed by atoms with van der Waals surface area (Å²) in [5, 5.41) is 4.02. The number of likely N-dealkylation sites (N-methyl/N-ethyl adjacent to an activating group) is 1. The molecule has 2 aliphatic rings. The molecule has 0 N–H and O–H groups in total. The SMILES string of the molecule is CCOC(=O)C1(c2nc(C3CN(C)CCO3)no2)CCC1. The summed E-state index contributed by atoms with van der Waals surface area (Å²) in [7, 11) is 2.03. The van der Waals surface area contributed by atoms with Crippen molar-refractivity contribution in [1.29, 1.82) is 0 Å². The van der Waals surface area contributed by atoms with Crippen molar-refractivity contribution in [1.82, 2.24) is 15.0 Å². The van der Waals surface area contributed by atoms with E-state index in [1.54, 1.807) is 6.92 Å². The zero-order valence-electron chi connectivity index (χ0n) is 12.5. The summed E-state index contributed by atoms with van der Waals surface area (Å²) in [6.45, 7) is 4.43. The van der Waals surface area contributed by atoms with Crippen LogP contribution in [0, 0.1) is 0 Å². The normalized spacial score (nSPS) is 25.3. The minimum Gasteiger partial charge on any atom is -0.465 e. The first-order chi connectivity index (χ1) is 10.2. The minimum absolute atomic E-state index is 0.194. The van der Waals surface area contributed by atoms with E-state index in [0.29, 0.717) is 37.8 Å². The lowest BCUT2D eigenvalue weighted by atomic mass is 9.68. The number of hydrogen-bond acceptors (Lipinski definition) is 7. The first kappa shape index (κ1) is 14.5. The predicted molar refractivity (Wildman–Crippen MR) is 72.7 cm³/mol. The Labute approximate surface area is 123 Å². The van der Waals surface area contributed by atoms with Crippen molar-refractivity contribution in [3.05, 3.63) is 11.7 Å². The molecule has 7 heteroatoms. The summed E-state index contributed by atoms with van der Waals surface area (Å²) in [4.78, 5) is 18.8. The highest BCUT2D eigenvalue weighted by Gasteiger charge is 2.52. The van der Waals surface area contributed by atoms with Gasteiger partial charge in [-0.3, -0.25) is 4.79 Å². The number of aromatic nitrogens is 2. The molecule has 0 radical (unpaired) electrons. The van der Waals surface area contributed by atoms with Crippen LogP contribution in [0.3, 0.4) is 0 Å². The topological polar surface area (TPSA) is 77.7 Å². The molecule has 1 saturated carbocycles. The molecule has 3 rings (SSSR count). The molecule has 0 aromatic carbocycles. The fourth-order valence-electron chi connectivity index (χ4n) is 2.80. The highest BCUT2D eigenvalue weighted by Crippen LogP contribution is 2.44. The second kappa shape index (κ2) is 5.73. The quantitative estimate of drug-likeness (QED) is 0.768. The Balaban J connectivity index is 1.78. The molecule has 2 heterocycles. The molecule has 1 saturated heterocycles. The molecule has 1 aromatic rings. The van der Waals surface area contributed by atoms with E-state index in [1.165, 1.54) is 0 Å². The van der Waals surface area contributed by atoms with E-state index in [0.717, 1.165) is 19.5 Å². The third-order valence-electron chi connectivity index (χ3n) is 4.28. The highest BCUT2D eigenvalue weighted by atomic mass is 16.5. The average molecular weight is 295 g/mol. The van der Waals surface area contributed by atoms with Gasteiger partial charge in [-0.1, -0.05) is 11.6 Å². The number of morpholine rings is 1. The molecule has 2 fully saturated rings. The maximum Gasteiger partial charge on any atom is 0.321 e. The standard InChI is InChI=1S/C14H21N3O4/c1-3-19-13(18)14(5-4-6-14)12-15-11(16-21-12)10-9-17(2)7-8-20-10/h10H,3-9H2,1-2H3. The molecular weight excluding hydrogens is 274 g/mol. The van der Waals surface area contributed by atoms with Gasteiger partial charge in [-0.15, -0.1) is 0 Å². The van der Waals surface area contributed by atoms with Gasteiger partial charge in [-0.25, -0.2) is 0 Å². The van der Waals surface area contributed by atoms with Gasteiger partial charge in [0.05, 0.1) is 13.2 Å². The third kappa shape index (κ3) is 2.55. The van der Waals surface area contributed by atoms with Crippen LogP contribution in [-0.2, 0) is 19.7 Å². The second-order valence-electron chi connectivity index (χ2n) is 5.74. The van der Waals surface area contributed by atoms with Gasteiger partial charge in [0.25, 0.3) is 0 Å². The second-order valence-corrected chi connectivity index (χ2v) is 5.74. The molecule has 21 heavy (non-hydrogen) atoms. The number of ether oxygens (including phenoxy) is 2. The molecule has 1 aliphatic carbocycles. The van der Waals surface area contributed by atoms with Gasteiger partial charge in [0.2, 0.25) is 11.7 Å². The molecular formula is C14H21N3O4. The van der Waals surface area contributed by atoms with Crippen molar-refractivity contribution in [2.45, 2.75) is 37.7 Å². The summed E-state index contributed by atoms with van der Waals surface area (Å²) in [5.41, 5.74) is -0.734. The van der Waals surface area contributed by atoms with E-state index >= 15 is 0 Å². The summed E-state index contributed by atoms with van der Waals surface area (Å²) >= 11 is 0. The van der Waals surface area contributed by atoms with Crippen LogP contribution >= 0.6 is 0 Å². The van der Waals surface area contributed by atoms with Gasteiger partial charge in [-0.05, 0) is 26.8 Å². The molecule has 1 atom stereocenters. The molecule has 0 amide bonds. The number of hydrogen-bond donors (Lipinski definition) is 0. The van der Waals surface area contributed by atoms with Crippen LogP contribution in [0.25, 0.3) is 0 Å². The van der Waals surface area contributed by atoms with Crippen molar-refractivity contribution in [3.8, 4) is 0 Å². The van der Waals surface area contributed by atoms with Crippen LogP contribution in [0.4, 0.5) is 0 Å². The van der Waals surface area contributed by atoms with Crippen molar-refractivity contribution in [3.63, 3.8) is 0 Å². The third-order valence-corrected chi connectivity index (χ3v) is 4.28. The highest BCUT2D eigenvalue weighted by molar-refractivity contribution is 5.83. The van der Waals surface area contributed by atoms with E-state index in [9.17, 15) is 4.79 Å². The lowest BCUT2D eigenvalue weighted by molar-refractivity contribution is -0.155. The van der Waals surface area contributed by atoms with Crippen LogP contribution in [0.15, 0.2) is 4.52 Å². The van der Waals surface area contributed by atoms with E-state index in [2.05, 4.69) is 15.0 Å². The maximum atomic E-state index is 12.2. The molecule has 1 aromatic heterocycles. The van der Waals surface area contributed by atoms with E-state index < -0.39 is 5.41 Å². The van der Waals surface area contributed by atoms with Crippen LogP contribution in [0.5, 0.6) is 0 Å². The molecule has 1 aliphatic heterocycles. The summed E-state index contributed by atoms with van der Waals surface area (Å²) < 4.78 is 16.2. The summed E-state index contributed by atoms with van der Waals surface area (Å²) in [5.74, 6) is 0.638. The number of carbonyl (C=O) groups excluding carboxylic acids is 1. The fraction of sp³-hybridized carbons (Fsp3) is 0.786. The van der Waals surface area contributed by atoms with Crippen LogP contribution < -0.4 is 0 Å². The number of rotatable bonds is 4. The average Bonchev–Trinajstić information content (AvgIpc) is 2.88. The number of esters is 1. The monoisotopic (exact) mass is 295 g/mol. The Kier molecular flexibility index (Phi) is 3.95. The van der Waals surface area contributed by atoms with Gasteiger partial charge in [0.1, 0.15) is 11.5 Å². The van der Waals surface area contributed by atoms with E-state index in [4.69, 9.17) is 14.0 Å². The van der Waals surface area contributed by atoms with Crippen LogP contribution in [-0.4, -0.2) is 54.4 Å². The van der Waals surface area contributed by atoms with E-state index in [-0.39, 0.29) is 12.1 Å². The van der Waals surface area contributed by atoms with E-state index in [1.807, 2.05) is 7.05 Å². The van der Waals surface area contributed by atoms with Crippen molar-refractivity contribution in [2.24, 2.45) is 0 Å². The molecule has 116 valence electrons. The molecule has 0 spiro atoms. The summed E-state index contributed by atoms with van der Waals surface area (Å²) in [6, 6.07) is 0. The summed E-state index contributed by atoms with van der Waals surface area (Å²) in [6.07, 6.45) is 2.19. The molecule has 7 nitrogen and oxygen atoms in total. The smallest absolute Gasteiger partial charge is 0.321 e. The van der Waals surface area contributed by atoms with Crippen LogP contribution in [0.2, 0.25) is 0 Å². The Hall–Kier alpha value is -1.47. The first-order valence-corrected chi connectivity index (χ1v) is 7.47. The fourth-order valence-corrected chi connectivity index (χ4v) is 2.80. The number of carbonyl (C=O) groups is 1. The minimum atomic E-state index is -0.734.